The van der Waals surface area contributed by atoms with E-state index in [4.69, 9.17) is 11.6 Å². The Labute approximate surface area is 129 Å². The number of halogens is 1. The minimum atomic E-state index is -0.765. The zero-order valence-corrected chi connectivity index (χ0v) is 12.7. The second-order valence-corrected chi connectivity index (χ2v) is 5.31. The van der Waals surface area contributed by atoms with Crippen molar-refractivity contribution in [2.45, 2.75) is 19.1 Å². The number of nitrogens with zero attached hydrogens (tertiary/aromatic N) is 2. The van der Waals surface area contributed by atoms with Crippen LogP contribution >= 0.6 is 11.6 Å². The number of aliphatic hydroxyl groups excluding tert-OH is 1. The molecule has 0 aliphatic carbocycles. The lowest BCUT2D eigenvalue weighted by molar-refractivity contribution is 0.0482. The number of likely N-dealkylation sites (N-methyl/N-ethyl adjacent to an activating group) is 1. The van der Waals surface area contributed by atoms with Gasteiger partial charge in [-0.25, -0.2) is 0 Å². The normalized spacial score (nSPS) is 13.5. The molecular weight excluding hydrogens is 288 g/mol. The lowest BCUT2D eigenvalue weighted by atomic mass is 10.0. The Hall–Kier alpha value is -1.91. The van der Waals surface area contributed by atoms with Crippen LogP contribution in [0.15, 0.2) is 48.7 Å². The third-order valence-electron chi connectivity index (χ3n) is 3.47. The van der Waals surface area contributed by atoms with Gasteiger partial charge in [0.25, 0.3) is 5.91 Å². The van der Waals surface area contributed by atoms with Gasteiger partial charge in [0.15, 0.2) is 0 Å². The fourth-order valence-corrected chi connectivity index (χ4v) is 2.19. The van der Waals surface area contributed by atoms with E-state index in [0.717, 1.165) is 5.56 Å². The third kappa shape index (κ3) is 3.60. The molecule has 1 amide bonds. The molecule has 2 aromatic rings. The Balaban J connectivity index is 2.15. The summed E-state index contributed by atoms with van der Waals surface area (Å²) in [7, 11) is 1.64. The smallest absolute Gasteiger partial charge is 0.272 e. The van der Waals surface area contributed by atoms with Crippen molar-refractivity contribution < 1.29 is 9.90 Å². The molecule has 0 saturated heterocycles. The number of carbonyl (C=O) groups is 1. The van der Waals surface area contributed by atoms with E-state index in [1.807, 2.05) is 30.3 Å². The van der Waals surface area contributed by atoms with Crippen LogP contribution in [-0.2, 0) is 0 Å². The Morgan fingerprint density at radius 3 is 2.57 bits per heavy atom. The van der Waals surface area contributed by atoms with E-state index in [1.165, 1.54) is 17.2 Å². The number of hydrogen-bond donors (Lipinski definition) is 1. The lowest BCUT2D eigenvalue weighted by Crippen LogP contribution is -2.39. The van der Waals surface area contributed by atoms with E-state index >= 15 is 0 Å². The number of benzene rings is 1. The molecular formula is C16H17ClN2O2. The highest BCUT2D eigenvalue weighted by Crippen LogP contribution is 2.21. The van der Waals surface area contributed by atoms with Crippen molar-refractivity contribution in [2.24, 2.45) is 0 Å². The van der Waals surface area contributed by atoms with Crippen molar-refractivity contribution in [1.82, 2.24) is 9.88 Å². The molecule has 2 atom stereocenters. The molecule has 0 aliphatic heterocycles. The van der Waals surface area contributed by atoms with Gasteiger partial charge in [-0.3, -0.25) is 9.78 Å². The first-order chi connectivity index (χ1) is 10.0. The Morgan fingerprint density at radius 1 is 1.29 bits per heavy atom. The van der Waals surface area contributed by atoms with Crippen LogP contribution in [0.5, 0.6) is 0 Å². The van der Waals surface area contributed by atoms with Crippen LogP contribution in [0.3, 0.4) is 0 Å². The molecule has 5 heteroatoms. The molecule has 1 aromatic carbocycles. The number of rotatable bonds is 4. The van der Waals surface area contributed by atoms with Crippen LogP contribution in [0.4, 0.5) is 0 Å². The van der Waals surface area contributed by atoms with Gasteiger partial charge in [-0.15, -0.1) is 0 Å². The predicted octanol–water partition coefficient (Wildman–Crippen LogP) is 2.93. The molecule has 0 unspecified atom stereocenters. The average molecular weight is 305 g/mol. The first kappa shape index (κ1) is 15.5. The van der Waals surface area contributed by atoms with Crippen molar-refractivity contribution in [3.8, 4) is 0 Å². The van der Waals surface area contributed by atoms with Crippen LogP contribution in [-0.4, -0.2) is 34.0 Å². The summed E-state index contributed by atoms with van der Waals surface area (Å²) in [4.78, 5) is 17.9. The van der Waals surface area contributed by atoms with Crippen molar-refractivity contribution in [2.75, 3.05) is 7.05 Å². The topological polar surface area (TPSA) is 53.4 Å². The van der Waals surface area contributed by atoms with E-state index < -0.39 is 6.10 Å². The molecule has 1 heterocycles. The number of carbonyl (C=O) groups excluding carboxylic acids is 1. The van der Waals surface area contributed by atoms with Gasteiger partial charge >= 0.3 is 0 Å². The van der Waals surface area contributed by atoms with E-state index in [2.05, 4.69) is 4.98 Å². The summed E-state index contributed by atoms with van der Waals surface area (Å²) in [6, 6.07) is 12.0. The molecule has 2 rings (SSSR count). The standard InChI is InChI=1S/C16H17ClN2O2/c1-11(15(20)12-6-4-3-5-7-12)19(2)16(21)14-10-13(17)8-9-18-14/h3-11,15,20H,1-2H3/t11-,15-/m0/s1. The number of amides is 1. The molecule has 21 heavy (non-hydrogen) atoms. The van der Waals surface area contributed by atoms with Gasteiger partial charge in [0.05, 0.1) is 12.1 Å². The first-order valence-corrected chi connectivity index (χ1v) is 7.00. The van der Waals surface area contributed by atoms with Gasteiger partial charge < -0.3 is 10.0 Å². The third-order valence-corrected chi connectivity index (χ3v) is 3.71. The number of pyridine rings is 1. The zero-order valence-electron chi connectivity index (χ0n) is 11.9. The molecule has 0 saturated carbocycles. The van der Waals surface area contributed by atoms with Gasteiger partial charge in [0.1, 0.15) is 5.69 Å². The van der Waals surface area contributed by atoms with Gasteiger partial charge in [-0.05, 0) is 24.6 Å². The maximum atomic E-state index is 12.4. The van der Waals surface area contributed by atoms with Crippen LogP contribution < -0.4 is 0 Å². The van der Waals surface area contributed by atoms with Crippen molar-refractivity contribution in [1.29, 1.82) is 0 Å². The summed E-state index contributed by atoms with van der Waals surface area (Å²) < 4.78 is 0. The van der Waals surface area contributed by atoms with E-state index in [9.17, 15) is 9.90 Å². The molecule has 0 aliphatic rings. The maximum absolute atomic E-state index is 12.4. The SMILES string of the molecule is C[C@@H]([C@H](O)c1ccccc1)N(C)C(=O)c1cc(Cl)ccn1. The fraction of sp³-hybridized carbons (Fsp3) is 0.250. The van der Waals surface area contributed by atoms with E-state index in [1.54, 1.807) is 20.0 Å². The summed E-state index contributed by atoms with van der Waals surface area (Å²) in [5, 5.41) is 10.8. The molecule has 1 aromatic heterocycles. The van der Waals surface area contributed by atoms with Crippen LogP contribution in [0.1, 0.15) is 29.1 Å². The second-order valence-electron chi connectivity index (χ2n) is 4.87. The highest BCUT2D eigenvalue weighted by molar-refractivity contribution is 6.30. The van der Waals surface area contributed by atoms with Gasteiger partial charge in [-0.2, -0.15) is 0 Å². The van der Waals surface area contributed by atoms with Crippen LogP contribution in [0.25, 0.3) is 0 Å². The molecule has 0 fully saturated rings. The largest absolute Gasteiger partial charge is 0.386 e. The summed E-state index contributed by atoms with van der Waals surface area (Å²) in [6.45, 7) is 1.79. The molecule has 0 spiro atoms. The minimum Gasteiger partial charge on any atom is -0.386 e. The number of aromatic nitrogens is 1. The Bertz CT molecular complexity index is 619. The Morgan fingerprint density at radius 2 is 1.95 bits per heavy atom. The molecule has 4 nitrogen and oxygen atoms in total. The van der Waals surface area contributed by atoms with E-state index in [-0.39, 0.29) is 17.6 Å². The maximum Gasteiger partial charge on any atom is 0.272 e. The predicted molar refractivity (Wildman–Crippen MR) is 82.2 cm³/mol. The van der Waals surface area contributed by atoms with Crippen LogP contribution in [0.2, 0.25) is 5.02 Å². The van der Waals surface area contributed by atoms with Gasteiger partial charge in [0.2, 0.25) is 0 Å². The average Bonchev–Trinajstić information content (AvgIpc) is 2.53. The summed E-state index contributed by atoms with van der Waals surface area (Å²) in [6.07, 6.45) is 0.723. The summed E-state index contributed by atoms with van der Waals surface area (Å²) in [5.74, 6) is -0.278. The molecule has 0 bridgehead atoms. The minimum absolute atomic E-state index is 0.261. The van der Waals surface area contributed by atoms with Gasteiger partial charge in [0, 0.05) is 18.3 Å². The van der Waals surface area contributed by atoms with Crippen molar-refractivity contribution in [3.63, 3.8) is 0 Å². The number of hydrogen-bond acceptors (Lipinski definition) is 3. The molecule has 0 radical (unpaired) electrons. The first-order valence-electron chi connectivity index (χ1n) is 6.62. The highest BCUT2D eigenvalue weighted by Gasteiger charge is 2.25. The summed E-state index contributed by atoms with van der Waals surface area (Å²) >= 11 is 5.87. The summed E-state index contributed by atoms with van der Waals surface area (Å²) in [5.41, 5.74) is 1.03. The monoisotopic (exact) mass is 304 g/mol. The fourth-order valence-electron chi connectivity index (χ4n) is 2.03. The Kier molecular flexibility index (Phi) is 4.94. The van der Waals surface area contributed by atoms with Gasteiger partial charge in [-0.1, -0.05) is 41.9 Å². The van der Waals surface area contributed by atoms with E-state index in [0.29, 0.717) is 5.02 Å². The number of aliphatic hydroxyl groups is 1. The highest BCUT2D eigenvalue weighted by atomic mass is 35.5. The van der Waals surface area contributed by atoms with Crippen LogP contribution in [0, 0.1) is 0 Å². The molecule has 110 valence electrons. The quantitative estimate of drug-likeness (QED) is 0.945. The zero-order chi connectivity index (χ0) is 15.4. The molecule has 1 N–H and O–H groups in total. The van der Waals surface area contributed by atoms with Crippen molar-refractivity contribution in [3.05, 3.63) is 64.9 Å². The van der Waals surface area contributed by atoms with Crippen molar-refractivity contribution >= 4 is 17.5 Å². The second kappa shape index (κ2) is 6.70. The lowest BCUT2D eigenvalue weighted by Gasteiger charge is -2.29.